The maximum absolute atomic E-state index is 3.77. The van der Waals surface area contributed by atoms with E-state index < -0.39 is 0 Å². The Labute approximate surface area is 141 Å². The molecule has 0 aliphatic carbocycles. The van der Waals surface area contributed by atoms with Crippen LogP contribution in [0, 0.1) is 0 Å². The highest BCUT2D eigenvalue weighted by Crippen LogP contribution is 2.28. The van der Waals surface area contributed by atoms with Crippen LogP contribution >= 0.6 is 43.6 Å². The Kier molecular flexibility index (Phi) is 6.20. The van der Waals surface area contributed by atoms with Gasteiger partial charge in [-0.2, -0.15) is 0 Å². The molecule has 0 aromatic heterocycles. The van der Waals surface area contributed by atoms with Gasteiger partial charge in [0.1, 0.15) is 0 Å². The van der Waals surface area contributed by atoms with E-state index in [4.69, 9.17) is 0 Å². The second-order valence-corrected chi connectivity index (χ2v) is 6.97. The van der Waals surface area contributed by atoms with Crippen LogP contribution in [-0.4, -0.2) is 5.75 Å². The first-order valence-corrected chi connectivity index (χ1v) is 8.78. The minimum absolute atomic E-state index is 0.803. The van der Waals surface area contributed by atoms with Crippen molar-refractivity contribution < 1.29 is 0 Å². The fourth-order valence-electron chi connectivity index (χ4n) is 1.73. The lowest BCUT2D eigenvalue weighted by molar-refractivity contribution is 1.13. The summed E-state index contributed by atoms with van der Waals surface area (Å²) in [7, 11) is 0. The molecule has 104 valence electrons. The van der Waals surface area contributed by atoms with Crippen molar-refractivity contribution in [2.24, 2.45) is 0 Å². The van der Waals surface area contributed by atoms with Gasteiger partial charge in [0, 0.05) is 31.8 Å². The largest absolute Gasteiger partial charge is 0.380 e. The third-order valence-electron chi connectivity index (χ3n) is 2.71. The Bertz CT molecular complexity index is 599. The van der Waals surface area contributed by atoms with Crippen molar-refractivity contribution in [3.05, 3.63) is 69.6 Å². The lowest BCUT2D eigenvalue weighted by Crippen LogP contribution is -2.00. The maximum atomic E-state index is 3.77. The van der Waals surface area contributed by atoms with E-state index in [1.54, 1.807) is 11.8 Å². The van der Waals surface area contributed by atoms with E-state index in [0.717, 1.165) is 21.2 Å². The van der Waals surface area contributed by atoms with Crippen LogP contribution in [0.15, 0.2) is 69.0 Å². The molecule has 4 heteroatoms. The van der Waals surface area contributed by atoms with E-state index in [0.29, 0.717) is 0 Å². The normalized spacial score (nSPS) is 10.3. The summed E-state index contributed by atoms with van der Waals surface area (Å²) in [6, 6.07) is 14.6. The number of anilines is 1. The Hall–Kier alpha value is -0.710. The SMILES string of the molecule is C=CCSc1ccccc1NCc1ccc(Br)c(Br)c1. The average Bonchev–Trinajstić information content (AvgIpc) is 2.47. The molecule has 0 amide bonds. The van der Waals surface area contributed by atoms with Crippen LogP contribution in [0.5, 0.6) is 0 Å². The zero-order valence-electron chi connectivity index (χ0n) is 10.9. The molecule has 0 spiro atoms. The quantitative estimate of drug-likeness (QED) is 0.454. The zero-order valence-corrected chi connectivity index (χ0v) is 14.9. The Morgan fingerprint density at radius 3 is 2.65 bits per heavy atom. The third-order valence-corrected chi connectivity index (χ3v) is 5.66. The molecule has 0 aliphatic heterocycles. The highest BCUT2D eigenvalue weighted by Gasteiger charge is 2.03. The number of para-hydroxylation sites is 1. The summed E-state index contributed by atoms with van der Waals surface area (Å²) < 4.78 is 2.15. The fourth-order valence-corrected chi connectivity index (χ4v) is 3.17. The molecule has 0 unspecified atom stereocenters. The molecule has 0 atom stereocenters. The predicted molar refractivity (Wildman–Crippen MR) is 96.5 cm³/mol. The van der Waals surface area contributed by atoms with Gasteiger partial charge in [0.15, 0.2) is 0 Å². The van der Waals surface area contributed by atoms with Gasteiger partial charge in [-0.25, -0.2) is 0 Å². The van der Waals surface area contributed by atoms with Gasteiger partial charge < -0.3 is 5.32 Å². The smallest absolute Gasteiger partial charge is 0.0481 e. The molecular weight excluding hydrogens is 398 g/mol. The molecule has 0 bridgehead atoms. The van der Waals surface area contributed by atoms with Crippen molar-refractivity contribution in [1.82, 2.24) is 0 Å². The van der Waals surface area contributed by atoms with E-state index in [1.165, 1.54) is 16.1 Å². The first-order valence-electron chi connectivity index (χ1n) is 6.21. The first kappa shape index (κ1) is 15.7. The van der Waals surface area contributed by atoms with Gasteiger partial charge in [0.25, 0.3) is 0 Å². The number of benzene rings is 2. The van der Waals surface area contributed by atoms with Gasteiger partial charge >= 0.3 is 0 Å². The molecule has 2 rings (SSSR count). The van der Waals surface area contributed by atoms with Crippen LogP contribution in [0.4, 0.5) is 5.69 Å². The molecule has 0 fully saturated rings. The number of rotatable bonds is 6. The Morgan fingerprint density at radius 1 is 1.10 bits per heavy atom. The van der Waals surface area contributed by atoms with Crippen LogP contribution in [0.25, 0.3) is 0 Å². The highest BCUT2D eigenvalue weighted by atomic mass is 79.9. The average molecular weight is 413 g/mol. The lowest BCUT2D eigenvalue weighted by Gasteiger charge is -2.11. The standard InChI is InChI=1S/C16H15Br2NS/c1-2-9-20-16-6-4-3-5-15(16)19-11-12-7-8-13(17)14(18)10-12/h2-8,10,19H,1,9,11H2. The molecule has 0 saturated carbocycles. The Balaban J connectivity index is 2.06. The summed E-state index contributed by atoms with van der Waals surface area (Å²) >= 11 is 8.81. The number of hydrogen-bond acceptors (Lipinski definition) is 2. The number of nitrogens with one attached hydrogen (secondary N) is 1. The molecular formula is C16H15Br2NS. The van der Waals surface area contributed by atoms with Crippen LogP contribution in [0.1, 0.15) is 5.56 Å². The van der Waals surface area contributed by atoms with Crippen LogP contribution in [0.3, 0.4) is 0 Å². The monoisotopic (exact) mass is 411 g/mol. The van der Waals surface area contributed by atoms with Gasteiger partial charge in [0.2, 0.25) is 0 Å². The van der Waals surface area contributed by atoms with Gasteiger partial charge in [-0.1, -0.05) is 24.3 Å². The van der Waals surface area contributed by atoms with E-state index >= 15 is 0 Å². The van der Waals surface area contributed by atoms with E-state index in [1.807, 2.05) is 6.08 Å². The van der Waals surface area contributed by atoms with Crippen LogP contribution in [0.2, 0.25) is 0 Å². The molecule has 0 heterocycles. The fraction of sp³-hybridized carbons (Fsp3) is 0.125. The second-order valence-electron chi connectivity index (χ2n) is 4.20. The summed E-state index contributed by atoms with van der Waals surface area (Å²) in [6.07, 6.45) is 1.92. The number of thioether (sulfide) groups is 1. The van der Waals surface area contributed by atoms with E-state index in [2.05, 4.69) is 86.2 Å². The molecule has 20 heavy (non-hydrogen) atoms. The minimum atomic E-state index is 0.803. The van der Waals surface area contributed by atoms with Crippen LogP contribution in [-0.2, 0) is 6.54 Å². The van der Waals surface area contributed by atoms with Crippen molar-refractivity contribution in [2.75, 3.05) is 11.1 Å². The van der Waals surface area contributed by atoms with Crippen molar-refractivity contribution in [3.63, 3.8) is 0 Å². The van der Waals surface area contributed by atoms with Crippen molar-refractivity contribution in [2.45, 2.75) is 11.4 Å². The van der Waals surface area contributed by atoms with Crippen molar-refractivity contribution >= 4 is 49.3 Å². The minimum Gasteiger partial charge on any atom is -0.380 e. The molecule has 0 aliphatic rings. The van der Waals surface area contributed by atoms with Crippen molar-refractivity contribution in [3.8, 4) is 0 Å². The van der Waals surface area contributed by atoms with Gasteiger partial charge in [0.05, 0.1) is 0 Å². The molecule has 2 aromatic rings. The predicted octanol–water partition coefficient (Wildman–Crippen LogP) is 6.10. The molecule has 1 nitrogen and oxygen atoms in total. The summed E-state index contributed by atoms with van der Waals surface area (Å²) in [5.74, 6) is 0.919. The van der Waals surface area contributed by atoms with Gasteiger partial charge in [-0.3, -0.25) is 0 Å². The number of hydrogen-bond donors (Lipinski definition) is 1. The van der Waals surface area contributed by atoms with E-state index in [-0.39, 0.29) is 0 Å². The zero-order chi connectivity index (χ0) is 14.4. The Morgan fingerprint density at radius 2 is 1.90 bits per heavy atom. The first-order chi connectivity index (χ1) is 9.70. The summed E-state index contributed by atoms with van der Waals surface area (Å²) in [6.45, 7) is 4.57. The molecule has 1 N–H and O–H groups in total. The van der Waals surface area contributed by atoms with Crippen molar-refractivity contribution in [1.29, 1.82) is 0 Å². The summed E-state index contributed by atoms with van der Waals surface area (Å²) in [5, 5.41) is 3.49. The molecule has 0 saturated heterocycles. The molecule has 2 aromatic carbocycles. The second kappa shape index (κ2) is 7.91. The maximum Gasteiger partial charge on any atom is 0.0481 e. The topological polar surface area (TPSA) is 12.0 Å². The highest BCUT2D eigenvalue weighted by molar-refractivity contribution is 9.13. The summed E-state index contributed by atoms with van der Waals surface area (Å²) in [5.41, 5.74) is 2.40. The molecule has 0 radical (unpaired) electrons. The van der Waals surface area contributed by atoms with Crippen LogP contribution < -0.4 is 5.32 Å². The summed E-state index contributed by atoms with van der Waals surface area (Å²) in [4.78, 5) is 1.25. The third kappa shape index (κ3) is 4.40. The van der Waals surface area contributed by atoms with Gasteiger partial charge in [-0.05, 0) is 61.7 Å². The lowest BCUT2D eigenvalue weighted by atomic mass is 10.2. The van der Waals surface area contributed by atoms with Gasteiger partial charge in [-0.15, -0.1) is 18.3 Å². The number of halogens is 2. The van der Waals surface area contributed by atoms with E-state index in [9.17, 15) is 0 Å².